The van der Waals surface area contributed by atoms with Crippen LogP contribution in [0, 0.1) is 6.92 Å². The molecule has 0 fully saturated rings. The molecule has 126 valence electrons. The van der Waals surface area contributed by atoms with E-state index in [2.05, 4.69) is 10.6 Å². The Morgan fingerprint density at radius 2 is 1.79 bits per heavy atom. The van der Waals surface area contributed by atoms with Gasteiger partial charge in [-0.25, -0.2) is 0 Å². The van der Waals surface area contributed by atoms with E-state index < -0.39 is 0 Å². The highest BCUT2D eigenvalue weighted by Crippen LogP contribution is 2.23. The average Bonchev–Trinajstić information content (AvgIpc) is 2.55. The van der Waals surface area contributed by atoms with Crippen LogP contribution in [0.1, 0.15) is 28.4 Å². The lowest BCUT2D eigenvalue weighted by Gasteiger charge is -2.12. The van der Waals surface area contributed by atoms with Gasteiger partial charge >= 0.3 is 0 Å². The van der Waals surface area contributed by atoms with Gasteiger partial charge in [-0.1, -0.05) is 17.7 Å². The molecule has 0 spiro atoms. The molecule has 0 bridgehead atoms. The van der Waals surface area contributed by atoms with Gasteiger partial charge in [0.25, 0.3) is 5.91 Å². The molecule has 0 saturated carbocycles. The van der Waals surface area contributed by atoms with Crippen molar-refractivity contribution in [3.8, 4) is 5.75 Å². The fourth-order valence-corrected chi connectivity index (χ4v) is 2.37. The maximum absolute atomic E-state index is 12.1. The van der Waals surface area contributed by atoms with E-state index in [1.807, 2.05) is 43.3 Å². The minimum atomic E-state index is -0.126. The molecule has 2 N–H and O–H groups in total. The Morgan fingerprint density at radius 1 is 1.08 bits per heavy atom. The first-order chi connectivity index (χ1) is 11.5. The third kappa shape index (κ3) is 4.84. The molecule has 0 atom stereocenters. The molecule has 2 amide bonds. The standard InChI is InChI=1S/C19H22N2O3/c1-13-4-6-15(7-5-13)19(23)20-11-10-16-12-17(21-14(2)22)8-9-18(16)24-3/h4-9,12H,10-11H2,1-3H3,(H,20,23)(H,21,22). The Labute approximate surface area is 142 Å². The molecule has 0 aliphatic heterocycles. The number of methoxy groups -OCH3 is 1. The van der Waals surface area contributed by atoms with Crippen LogP contribution >= 0.6 is 0 Å². The number of amides is 2. The largest absolute Gasteiger partial charge is 0.496 e. The van der Waals surface area contributed by atoms with Crippen LogP contribution in [0.4, 0.5) is 5.69 Å². The summed E-state index contributed by atoms with van der Waals surface area (Å²) in [6, 6.07) is 12.9. The zero-order valence-corrected chi connectivity index (χ0v) is 14.2. The summed E-state index contributed by atoms with van der Waals surface area (Å²) in [6.07, 6.45) is 0.605. The van der Waals surface area contributed by atoms with E-state index in [0.717, 1.165) is 16.9 Å². The highest BCUT2D eigenvalue weighted by molar-refractivity contribution is 5.94. The van der Waals surface area contributed by atoms with Crippen molar-refractivity contribution in [2.75, 3.05) is 19.0 Å². The summed E-state index contributed by atoms with van der Waals surface area (Å²) in [6.45, 7) is 3.92. The Morgan fingerprint density at radius 3 is 2.42 bits per heavy atom. The number of nitrogens with one attached hydrogen (secondary N) is 2. The molecule has 24 heavy (non-hydrogen) atoms. The molecule has 2 aromatic carbocycles. The summed E-state index contributed by atoms with van der Waals surface area (Å²) in [4.78, 5) is 23.3. The van der Waals surface area contributed by atoms with E-state index >= 15 is 0 Å². The second kappa shape index (κ2) is 8.15. The van der Waals surface area contributed by atoms with Gasteiger partial charge in [0, 0.05) is 24.7 Å². The van der Waals surface area contributed by atoms with Gasteiger partial charge in [0.1, 0.15) is 5.75 Å². The Kier molecular flexibility index (Phi) is 5.95. The fourth-order valence-electron chi connectivity index (χ4n) is 2.37. The lowest BCUT2D eigenvalue weighted by atomic mass is 10.1. The molecule has 2 rings (SSSR count). The Hall–Kier alpha value is -2.82. The van der Waals surface area contributed by atoms with Crippen LogP contribution in [0.25, 0.3) is 0 Å². The summed E-state index contributed by atoms with van der Waals surface area (Å²) >= 11 is 0. The number of hydrogen-bond acceptors (Lipinski definition) is 3. The fraction of sp³-hybridized carbons (Fsp3) is 0.263. The number of ether oxygens (including phenoxy) is 1. The molecule has 0 saturated heterocycles. The van der Waals surface area contributed by atoms with Gasteiger partial charge in [0.15, 0.2) is 0 Å². The molecular weight excluding hydrogens is 304 g/mol. The second-order valence-electron chi connectivity index (χ2n) is 5.58. The zero-order chi connectivity index (χ0) is 17.5. The van der Waals surface area contributed by atoms with Crippen LogP contribution in [-0.4, -0.2) is 25.5 Å². The molecule has 0 aromatic heterocycles. The van der Waals surface area contributed by atoms with E-state index in [1.54, 1.807) is 13.2 Å². The molecule has 0 aliphatic rings. The highest BCUT2D eigenvalue weighted by atomic mass is 16.5. The van der Waals surface area contributed by atoms with E-state index in [1.165, 1.54) is 6.92 Å². The number of anilines is 1. The number of hydrogen-bond donors (Lipinski definition) is 2. The first-order valence-corrected chi connectivity index (χ1v) is 7.79. The molecule has 0 radical (unpaired) electrons. The Bertz CT molecular complexity index is 724. The average molecular weight is 326 g/mol. The van der Waals surface area contributed by atoms with Gasteiger partial charge in [-0.05, 0) is 49.2 Å². The second-order valence-corrected chi connectivity index (χ2v) is 5.58. The first kappa shape index (κ1) is 17.5. The van der Waals surface area contributed by atoms with Gasteiger partial charge in [0.2, 0.25) is 5.91 Å². The summed E-state index contributed by atoms with van der Waals surface area (Å²) in [5.74, 6) is 0.499. The third-order valence-electron chi connectivity index (χ3n) is 3.59. The summed E-state index contributed by atoms with van der Waals surface area (Å²) < 4.78 is 5.34. The number of rotatable bonds is 6. The first-order valence-electron chi connectivity index (χ1n) is 7.79. The van der Waals surface area contributed by atoms with Crippen LogP contribution in [0.15, 0.2) is 42.5 Å². The molecule has 2 aromatic rings. The Balaban J connectivity index is 1.98. The highest BCUT2D eigenvalue weighted by Gasteiger charge is 2.08. The zero-order valence-electron chi connectivity index (χ0n) is 14.2. The van der Waals surface area contributed by atoms with Gasteiger partial charge in [-0.2, -0.15) is 0 Å². The smallest absolute Gasteiger partial charge is 0.251 e. The van der Waals surface area contributed by atoms with Crippen molar-refractivity contribution in [2.45, 2.75) is 20.3 Å². The topological polar surface area (TPSA) is 67.4 Å². The van der Waals surface area contributed by atoms with E-state index in [0.29, 0.717) is 24.2 Å². The number of carbonyl (C=O) groups excluding carboxylic acids is 2. The van der Waals surface area contributed by atoms with Gasteiger partial charge < -0.3 is 15.4 Å². The molecular formula is C19H22N2O3. The van der Waals surface area contributed by atoms with E-state index in [-0.39, 0.29) is 11.8 Å². The predicted octanol–water partition coefficient (Wildman–Crippen LogP) is 2.93. The van der Waals surface area contributed by atoms with Gasteiger partial charge in [-0.15, -0.1) is 0 Å². The molecule has 5 heteroatoms. The van der Waals surface area contributed by atoms with Gasteiger partial charge in [0.05, 0.1) is 7.11 Å². The SMILES string of the molecule is COc1ccc(NC(C)=O)cc1CCNC(=O)c1ccc(C)cc1. The van der Waals surface area contributed by atoms with Crippen LogP contribution in [0.3, 0.4) is 0 Å². The van der Waals surface area contributed by atoms with Crippen molar-refractivity contribution >= 4 is 17.5 Å². The van der Waals surface area contributed by atoms with E-state index in [9.17, 15) is 9.59 Å². The normalized spacial score (nSPS) is 10.1. The maximum atomic E-state index is 12.1. The van der Waals surface area contributed by atoms with Crippen molar-refractivity contribution in [1.29, 1.82) is 0 Å². The minimum absolute atomic E-state index is 0.105. The molecule has 0 unspecified atom stereocenters. The van der Waals surface area contributed by atoms with Crippen LogP contribution in [0.2, 0.25) is 0 Å². The molecule has 0 aliphatic carbocycles. The van der Waals surface area contributed by atoms with E-state index in [4.69, 9.17) is 4.74 Å². The van der Waals surface area contributed by atoms with Crippen molar-refractivity contribution < 1.29 is 14.3 Å². The van der Waals surface area contributed by atoms with Crippen LogP contribution in [-0.2, 0) is 11.2 Å². The lowest BCUT2D eigenvalue weighted by Crippen LogP contribution is -2.25. The number of carbonyl (C=O) groups is 2. The summed E-state index contributed by atoms with van der Waals surface area (Å²) in [5, 5.41) is 5.64. The van der Waals surface area contributed by atoms with Crippen LogP contribution in [0.5, 0.6) is 5.75 Å². The van der Waals surface area contributed by atoms with Gasteiger partial charge in [-0.3, -0.25) is 9.59 Å². The number of aryl methyl sites for hydroxylation is 1. The summed E-state index contributed by atoms with van der Waals surface area (Å²) in [5.41, 5.74) is 3.39. The predicted molar refractivity (Wildman–Crippen MR) is 94.5 cm³/mol. The monoisotopic (exact) mass is 326 g/mol. The van der Waals surface area contributed by atoms with Crippen molar-refractivity contribution in [2.24, 2.45) is 0 Å². The van der Waals surface area contributed by atoms with Crippen molar-refractivity contribution in [3.05, 3.63) is 59.2 Å². The quantitative estimate of drug-likeness (QED) is 0.857. The molecule has 0 heterocycles. The molecule has 5 nitrogen and oxygen atoms in total. The van der Waals surface area contributed by atoms with Crippen LogP contribution < -0.4 is 15.4 Å². The lowest BCUT2D eigenvalue weighted by molar-refractivity contribution is -0.114. The van der Waals surface area contributed by atoms with Crippen molar-refractivity contribution in [3.63, 3.8) is 0 Å². The maximum Gasteiger partial charge on any atom is 0.251 e. The summed E-state index contributed by atoms with van der Waals surface area (Å²) in [7, 11) is 1.60. The number of benzene rings is 2. The third-order valence-corrected chi connectivity index (χ3v) is 3.59. The minimum Gasteiger partial charge on any atom is -0.496 e. The van der Waals surface area contributed by atoms with Crippen molar-refractivity contribution in [1.82, 2.24) is 5.32 Å².